The van der Waals surface area contributed by atoms with Gasteiger partial charge in [0.1, 0.15) is 11.6 Å². The van der Waals surface area contributed by atoms with Crippen LogP contribution in [0.4, 0.5) is 10.1 Å². The summed E-state index contributed by atoms with van der Waals surface area (Å²) in [5.74, 6) is -0.603. The second kappa shape index (κ2) is 13.5. The minimum absolute atomic E-state index is 0.0336. The lowest BCUT2D eigenvalue weighted by molar-refractivity contribution is 0.00592. The molecule has 1 fully saturated rings. The van der Waals surface area contributed by atoms with Crippen molar-refractivity contribution in [2.24, 2.45) is 28.8 Å². The average Bonchev–Trinajstić information content (AvgIpc) is 3.14. The summed E-state index contributed by atoms with van der Waals surface area (Å²) < 4.78 is 51.4. The van der Waals surface area contributed by atoms with E-state index in [-0.39, 0.29) is 40.4 Å². The van der Waals surface area contributed by atoms with E-state index in [1.165, 1.54) is 0 Å². The zero-order valence-electron chi connectivity index (χ0n) is 27.3. The summed E-state index contributed by atoms with van der Waals surface area (Å²) in [5, 5.41) is 14.7. The van der Waals surface area contributed by atoms with Gasteiger partial charge in [0.2, 0.25) is 10.0 Å². The van der Waals surface area contributed by atoms with Crippen LogP contribution in [-0.2, 0) is 26.6 Å². The number of nitrogens with zero attached hydrogens (tertiary/aromatic N) is 1. The van der Waals surface area contributed by atoms with E-state index in [1.54, 1.807) is 44.4 Å². The number of rotatable bonds is 10. The van der Waals surface area contributed by atoms with Crippen LogP contribution in [0.15, 0.2) is 42.0 Å². The maximum absolute atomic E-state index is 14.9. The highest BCUT2D eigenvalue weighted by Crippen LogP contribution is 2.47. The molecule has 2 aromatic carbocycles. The van der Waals surface area contributed by atoms with E-state index in [2.05, 4.69) is 11.0 Å². The molecule has 2 aliphatic carbocycles. The molecule has 3 aliphatic rings. The number of carboxylic acids is 1. The summed E-state index contributed by atoms with van der Waals surface area (Å²) in [6.45, 7) is 9.14. The van der Waals surface area contributed by atoms with E-state index in [1.807, 2.05) is 20.8 Å². The molecular formula is C35H46ClFN2O6S. The molecule has 7 atom stereocenters. The molecule has 2 aromatic rings. The molecule has 1 saturated carbocycles. The Morgan fingerprint density at radius 3 is 2.63 bits per heavy atom. The maximum Gasteiger partial charge on any atom is 0.335 e. The van der Waals surface area contributed by atoms with Gasteiger partial charge >= 0.3 is 5.97 Å². The monoisotopic (exact) mass is 676 g/mol. The van der Waals surface area contributed by atoms with E-state index in [0.29, 0.717) is 25.4 Å². The van der Waals surface area contributed by atoms with Crippen molar-refractivity contribution in [1.29, 1.82) is 0 Å². The molecule has 11 heteroatoms. The standard InChI is InChI=1S/C35H46ClFN2O6S/c1-20(22(3)23(4)46(38,42)43)13-21(2)33(44-5)27-10-8-26(27)17-39-18-35(12-6-7-24-14-29(36)30(37)16-28(24)35)19-45-32-11-9-25(34(40)41)15-31(32)39/h9,11,13-16,20,22-23,26-27,33H,6-8,10,12,17-19H2,1-5H3,(H,40,41)(H2,38,42,43)/b21-13+/t20?,22-,23+,26-,27+,33-,35-/m0/s1. The Bertz CT molecular complexity index is 1620. The van der Waals surface area contributed by atoms with Crippen molar-refractivity contribution in [3.05, 3.63) is 69.5 Å². The normalized spacial score (nSPS) is 25.7. The van der Waals surface area contributed by atoms with Crippen molar-refractivity contribution < 1.29 is 32.2 Å². The fourth-order valence-electron chi connectivity index (χ4n) is 7.84. The van der Waals surface area contributed by atoms with Gasteiger partial charge in [0, 0.05) is 25.6 Å². The minimum Gasteiger partial charge on any atom is -0.490 e. The number of sulfonamides is 1. The number of fused-ring (bicyclic) bond motifs is 3. The molecule has 1 heterocycles. The lowest BCUT2D eigenvalue weighted by atomic mass is 9.67. The number of primary sulfonamides is 1. The number of allylic oxidation sites excluding steroid dienone is 1. The van der Waals surface area contributed by atoms with Crippen LogP contribution < -0.4 is 14.8 Å². The molecule has 3 N–H and O–H groups in total. The second-order valence-electron chi connectivity index (χ2n) is 13.8. The first-order chi connectivity index (χ1) is 21.6. The summed E-state index contributed by atoms with van der Waals surface area (Å²) in [5.41, 5.74) is 3.40. The highest BCUT2D eigenvalue weighted by molar-refractivity contribution is 7.89. The molecule has 0 amide bonds. The topological polar surface area (TPSA) is 119 Å². The van der Waals surface area contributed by atoms with E-state index < -0.39 is 32.5 Å². The van der Waals surface area contributed by atoms with Crippen LogP contribution in [0.2, 0.25) is 5.02 Å². The molecule has 252 valence electrons. The van der Waals surface area contributed by atoms with Crippen molar-refractivity contribution in [1.82, 2.24) is 0 Å². The lowest BCUT2D eigenvalue weighted by Crippen LogP contribution is -2.50. The van der Waals surface area contributed by atoms with Crippen LogP contribution in [0.1, 0.15) is 74.9 Å². The first kappa shape index (κ1) is 34.7. The number of halogens is 2. The maximum atomic E-state index is 14.9. The van der Waals surface area contributed by atoms with Crippen molar-refractivity contribution >= 4 is 33.3 Å². The summed E-state index contributed by atoms with van der Waals surface area (Å²) in [6, 6.07) is 8.28. The number of hydrogen-bond donors (Lipinski definition) is 2. The summed E-state index contributed by atoms with van der Waals surface area (Å²) >= 11 is 6.20. The third-order valence-corrected chi connectivity index (χ3v) is 12.8. The van der Waals surface area contributed by atoms with Crippen LogP contribution in [0.3, 0.4) is 0 Å². The zero-order chi connectivity index (χ0) is 33.6. The molecule has 5 rings (SSSR count). The Kier molecular flexibility index (Phi) is 10.1. The number of benzene rings is 2. The van der Waals surface area contributed by atoms with E-state index >= 15 is 0 Å². The average molecular weight is 677 g/mol. The second-order valence-corrected chi connectivity index (χ2v) is 16.1. The Morgan fingerprint density at radius 2 is 2.00 bits per heavy atom. The number of aryl methyl sites for hydroxylation is 1. The number of nitrogens with two attached hydrogens (primary N) is 1. The van der Waals surface area contributed by atoms with Crippen molar-refractivity contribution in [3.63, 3.8) is 0 Å². The van der Waals surface area contributed by atoms with Gasteiger partial charge in [-0.3, -0.25) is 0 Å². The fraction of sp³-hybridized carbons (Fsp3) is 0.571. The molecule has 0 bridgehead atoms. The van der Waals surface area contributed by atoms with Crippen LogP contribution in [-0.4, -0.2) is 57.7 Å². The number of anilines is 1. The van der Waals surface area contributed by atoms with Crippen LogP contribution >= 0.6 is 11.6 Å². The smallest absolute Gasteiger partial charge is 0.335 e. The first-order valence-electron chi connectivity index (χ1n) is 16.1. The zero-order valence-corrected chi connectivity index (χ0v) is 28.8. The van der Waals surface area contributed by atoms with Gasteiger partial charge in [-0.15, -0.1) is 0 Å². The van der Waals surface area contributed by atoms with Gasteiger partial charge in [-0.1, -0.05) is 31.5 Å². The van der Waals surface area contributed by atoms with Gasteiger partial charge in [-0.05, 0) is 117 Å². The molecule has 1 spiro atoms. The summed E-state index contributed by atoms with van der Waals surface area (Å²) in [4.78, 5) is 14.3. The third kappa shape index (κ3) is 6.82. The third-order valence-electron chi connectivity index (χ3n) is 11.0. The van der Waals surface area contributed by atoms with Gasteiger partial charge in [-0.25, -0.2) is 22.7 Å². The largest absolute Gasteiger partial charge is 0.490 e. The van der Waals surface area contributed by atoms with E-state index in [9.17, 15) is 22.7 Å². The SMILES string of the molecule is CO[C@@H](/C(C)=C/C(C)[C@H](C)[C@@H](C)S(N)(=O)=O)[C@@H]1CC[C@H]1CN1C[C@@]2(CCCc3cc(Cl)c(F)cc32)COc2ccc(C(=O)O)cc21. The highest BCUT2D eigenvalue weighted by Gasteiger charge is 2.45. The van der Waals surface area contributed by atoms with Gasteiger partial charge in [-0.2, -0.15) is 0 Å². The number of carbonyl (C=O) groups is 1. The van der Waals surface area contributed by atoms with E-state index in [4.69, 9.17) is 26.2 Å². The Morgan fingerprint density at radius 1 is 1.26 bits per heavy atom. The predicted octanol–water partition coefficient (Wildman–Crippen LogP) is 6.59. The van der Waals surface area contributed by atoms with Crippen LogP contribution in [0.25, 0.3) is 0 Å². The molecular weight excluding hydrogens is 631 g/mol. The molecule has 1 aliphatic heterocycles. The highest BCUT2D eigenvalue weighted by atomic mass is 35.5. The molecule has 8 nitrogen and oxygen atoms in total. The Balaban J connectivity index is 1.45. The molecule has 1 unspecified atom stereocenters. The van der Waals surface area contributed by atoms with Gasteiger partial charge in [0.15, 0.2) is 0 Å². The number of aromatic carboxylic acids is 1. The Hall–Kier alpha value is -2.66. The van der Waals surface area contributed by atoms with Crippen LogP contribution in [0, 0.1) is 29.5 Å². The van der Waals surface area contributed by atoms with Crippen LogP contribution in [0.5, 0.6) is 5.75 Å². The lowest BCUT2D eigenvalue weighted by Gasteiger charge is -2.46. The first-order valence-corrected chi connectivity index (χ1v) is 18.1. The van der Waals surface area contributed by atoms with Crippen molar-refractivity contribution in [3.8, 4) is 5.75 Å². The fourth-order valence-corrected chi connectivity index (χ4v) is 8.87. The minimum atomic E-state index is -3.66. The predicted molar refractivity (Wildman–Crippen MR) is 179 cm³/mol. The number of hydrogen-bond acceptors (Lipinski definition) is 6. The number of methoxy groups -OCH3 is 1. The molecule has 0 aromatic heterocycles. The van der Waals surface area contributed by atoms with Gasteiger partial charge in [0.05, 0.1) is 34.2 Å². The molecule has 46 heavy (non-hydrogen) atoms. The van der Waals surface area contributed by atoms with Gasteiger partial charge < -0.3 is 19.5 Å². The number of carboxylic acid groups (broad SMARTS) is 1. The van der Waals surface area contributed by atoms with Crippen molar-refractivity contribution in [2.75, 3.05) is 31.7 Å². The number of ether oxygens (including phenoxy) is 2. The molecule has 0 saturated heterocycles. The molecule has 0 radical (unpaired) electrons. The summed E-state index contributed by atoms with van der Waals surface area (Å²) in [7, 11) is -1.95. The summed E-state index contributed by atoms with van der Waals surface area (Å²) in [6.07, 6.45) is 6.42. The van der Waals surface area contributed by atoms with Crippen molar-refractivity contribution in [2.45, 2.75) is 76.6 Å². The van der Waals surface area contributed by atoms with E-state index in [0.717, 1.165) is 54.5 Å². The quantitative estimate of drug-likeness (QED) is 0.273. The van der Waals surface area contributed by atoms with Gasteiger partial charge in [0.25, 0.3) is 0 Å². The Labute approximate surface area is 277 Å².